The van der Waals surface area contributed by atoms with Gasteiger partial charge in [-0.25, -0.2) is 0 Å². The van der Waals surface area contributed by atoms with Crippen LogP contribution in [0.4, 0.5) is 0 Å². The maximum absolute atomic E-state index is 6.01. The van der Waals surface area contributed by atoms with E-state index in [1.54, 1.807) is 0 Å². The molecule has 0 heterocycles. The maximum Gasteiger partial charge on any atom is 0.0409 e. The zero-order valence-electron chi connectivity index (χ0n) is 10.0. The lowest BCUT2D eigenvalue weighted by Gasteiger charge is -2.23. The first-order valence-electron chi connectivity index (χ1n) is 6.18. The van der Waals surface area contributed by atoms with Crippen molar-refractivity contribution in [1.82, 2.24) is 5.32 Å². The predicted molar refractivity (Wildman–Crippen MR) is 69.8 cm³/mol. The molecular formula is C14H20ClN. The van der Waals surface area contributed by atoms with E-state index in [4.69, 9.17) is 11.6 Å². The minimum atomic E-state index is 0.393. The van der Waals surface area contributed by atoms with Crippen molar-refractivity contribution in [1.29, 1.82) is 0 Å². The second-order valence-corrected chi connectivity index (χ2v) is 5.39. The third-order valence-corrected chi connectivity index (χ3v) is 3.91. The molecule has 0 aromatic heterocycles. The van der Waals surface area contributed by atoms with Gasteiger partial charge in [-0.05, 0) is 43.4 Å². The van der Waals surface area contributed by atoms with Crippen LogP contribution < -0.4 is 5.32 Å². The van der Waals surface area contributed by atoms with Crippen molar-refractivity contribution in [3.63, 3.8) is 0 Å². The van der Waals surface area contributed by atoms with E-state index in [-0.39, 0.29) is 0 Å². The molecule has 1 N–H and O–H groups in total. The summed E-state index contributed by atoms with van der Waals surface area (Å²) >= 11 is 6.01. The van der Waals surface area contributed by atoms with Crippen LogP contribution in [0.25, 0.3) is 0 Å². The molecule has 88 valence electrons. The summed E-state index contributed by atoms with van der Waals surface area (Å²) in [6.45, 7) is 4.56. The normalized spacial score (nSPS) is 26.9. The molecule has 2 heteroatoms. The zero-order chi connectivity index (χ0) is 11.5. The van der Waals surface area contributed by atoms with Crippen LogP contribution in [0.1, 0.15) is 44.7 Å². The lowest BCUT2D eigenvalue weighted by Crippen LogP contribution is -2.33. The van der Waals surface area contributed by atoms with Crippen molar-refractivity contribution in [3.8, 4) is 0 Å². The Morgan fingerprint density at radius 3 is 2.81 bits per heavy atom. The van der Waals surface area contributed by atoms with Crippen molar-refractivity contribution >= 4 is 11.6 Å². The monoisotopic (exact) mass is 237 g/mol. The van der Waals surface area contributed by atoms with E-state index in [1.807, 2.05) is 12.1 Å². The van der Waals surface area contributed by atoms with Crippen molar-refractivity contribution < 1.29 is 0 Å². The predicted octanol–water partition coefficient (Wildman–Crippen LogP) is 4.18. The second-order valence-electron chi connectivity index (χ2n) is 4.96. The molecule has 1 nitrogen and oxygen atoms in total. The van der Waals surface area contributed by atoms with E-state index in [2.05, 4.69) is 31.3 Å². The fraction of sp³-hybridized carbons (Fsp3) is 0.571. The van der Waals surface area contributed by atoms with E-state index in [0.717, 1.165) is 10.9 Å². The van der Waals surface area contributed by atoms with Gasteiger partial charge in [-0.2, -0.15) is 0 Å². The molecule has 16 heavy (non-hydrogen) atoms. The van der Waals surface area contributed by atoms with Crippen LogP contribution in [-0.2, 0) is 0 Å². The summed E-state index contributed by atoms with van der Waals surface area (Å²) in [5.74, 6) is 0.807. The van der Waals surface area contributed by atoms with Crippen LogP contribution >= 0.6 is 11.6 Å². The summed E-state index contributed by atoms with van der Waals surface area (Å²) in [6, 6.07) is 9.21. The molecule has 1 aliphatic rings. The second kappa shape index (κ2) is 5.20. The first-order valence-corrected chi connectivity index (χ1v) is 6.56. The molecule has 0 bridgehead atoms. The lowest BCUT2D eigenvalue weighted by molar-refractivity contribution is 0.388. The van der Waals surface area contributed by atoms with Gasteiger partial charge in [0.25, 0.3) is 0 Å². The van der Waals surface area contributed by atoms with Crippen molar-refractivity contribution in [2.75, 3.05) is 0 Å². The standard InChI is InChI=1S/C14H20ClN/c1-10-5-3-8-14(10)16-11(2)12-6-4-7-13(15)9-12/h4,6-7,9-11,14,16H,3,5,8H2,1-2H3. The van der Waals surface area contributed by atoms with Gasteiger partial charge in [0.15, 0.2) is 0 Å². The van der Waals surface area contributed by atoms with Gasteiger partial charge < -0.3 is 5.32 Å². The summed E-state index contributed by atoms with van der Waals surface area (Å²) < 4.78 is 0. The Labute approximate surface area is 103 Å². The van der Waals surface area contributed by atoms with E-state index in [1.165, 1.54) is 24.8 Å². The summed E-state index contributed by atoms with van der Waals surface area (Å²) in [6.07, 6.45) is 4.03. The fourth-order valence-corrected chi connectivity index (χ4v) is 2.79. The highest BCUT2D eigenvalue weighted by atomic mass is 35.5. The molecule has 1 aromatic rings. The molecule has 2 rings (SSSR count). The molecule has 0 saturated heterocycles. The van der Waals surface area contributed by atoms with Crippen molar-refractivity contribution in [2.45, 2.75) is 45.2 Å². The Bertz CT molecular complexity index is 350. The first kappa shape index (κ1) is 11.9. The minimum absolute atomic E-state index is 0.393. The number of rotatable bonds is 3. The van der Waals surface area contributed by atoms with Crippen LogP contribution in [0.2, 0.25) is 5.02 Å². The number of halogens is 1. The van der Waals surface area contributed by atoms with Gasteiger partial charge in [-0.3, -0.25) is 0 Å². The molecular weight excluding hydrogens is 218 g/mol. The van der Waals surface area contributed by atoms with Gasteiger partial charge in [-0.15, -0.1) is 0 Å². The third-order valence-electron chi connectivity index (χ3n) is 3.67. The Morgan fingerprint density at radius 2 is 2.19 bits per heavy atom. The molecule has 0 radical (unpaired) electrons. The molecule has 3 atom stereocenters. The molecule has 0 amide bonds. The van der Waals surface area contributed by atoms with E-state index in [9.17, 15) is 0 Å². The molecule has 1 saturated carbocycles. The topological polar surface area (TPSA) is 12.0 Å². The average Bonchev–Trinajstić information content (AvgIpc) is 2.64. The molecule has 3 unspecified atom stereocenters. The summed E-state index contributed by atoms with van der Waals surface area (Å²) in [7, 11) is 0. The number of hydrogen-bond acceptors (Lipinski definition) is 1. The molecule has 0 spiro atoms. The molecule has 1 aromatic carbocycles. The molecule has 1 fully saturated rings. The Kier molecular flexibility index (Phi) is 3.88. The van der Waals surface area contributed by atoms with Crippen molar-refractivity contribution in [2.24, 2.45) is 5.92 Å². The van der Waals surface area contributed by atoms with Gasteiger partial charge in [0, 0.05) is 17.1 Å². The SMILES string of the molecule is CC(NC1CCCC1C)c1cccc(Cl)c1. The summed E-state index contributed by atoms with van der Waals surface area (Å²) in [4.78, 5) is 0. The first-order chi connectivity index (χ1) is 7.66. The van der Waals surface area contributed by atoms with Crippen LogP contribution in [-0.4, -0.2) is 6.04 Å². The highest BCUT2D eigenvalue weighted by Crippen LogP contribution is 2.27. The highest BCUT2D eigenvalue weighted by Gasteiger charge is 2.24. The highest BCUT2D eigenvalue weighted by molar-refractivity contribution is 6.30. The molecule has 0 aliphatic heterocycles. The lowest BCUT2D eigenvalue weighted by atomic mass is 10.0. The van der Waals surface area contributed by atoms with Crippen molar-refractivity contribution in [3.05, 3.63) is 34.9 Å². The van der Waals surface area contributed by atoms with E-state index < -0.39 is 0 Å². The molecule has 1 aliphatic carbocycles. The largest absolute Gasteiger partial charge is 0.307 e. The minimum Gasteiger partial charge on any atom is -0.307 e. The average molecular weight is 238 g/mol. The quantitative estimate of drug-likeness (QED) is 0.832. The van der Waals surface area contributed by atoms with Gasteiger partial charge in [0.2, 0.25) is 0 Å². The number of hydrogen-bond donors (Lipinski definition) is 1. The fourth-order valence-electron chi connectivity index (χ4n) is 2.59. The third kappa shape index (κ3) is 2.78. The Hall–Kier alpha value is -0.530. The summed E-state index contributed by atoms with van der Waals surface area (Å²) in [5, 5.41) is 4.54. The summed E-state index contributed by atoms with van der Waals surface area (Å²) in [5.41, 5.74) is 1.28. The van der Waals surface area contributed by atoms with Gasteiger partial charge >= 0.3 is 0 Å². The van der Waals surface area contributed by atoms with Crippen LogP contribution in [0.3, 0.4) is 0 Å². The number of benzene rings is 1. The van der Waals surface area contributed by atoms with Crippen LogP contribution in [0.15, 0.2) is 24.3 Å². The Morgan fingerprint density at radius 1 is 1.38 bits per heavy atom. The van der Waals surface area contributed by atoms with Gasteiger partial charge in [-0.1, -0.05) is 37.1 Å². The van der Waals surface area contributed by atoms with Crippen LogP contribution in [0.5, 0.6) is 0 Å². The van der Waals surface area contributed by atoms with Gasteiger partial charge in [0.05, 0.1) is 0 Å². The maximum atomic E-state index is 6.01. The van der Waals surface area contributed by atoms with E-state index in [0.29, 0.717) is 12.1 Å². The van der Waals surface area contributed by atoms with E-state index >= 15 is 0 Å². The smallest absolute Gasteiger partial charge is 0.0409 e. The Balaban J connectivity index is 1.99. The van der Waals surface area contributed by atoms with Crippen LogP contribution in [0, 0.1) is 5.92 Å². The number of nitrogens with one attached hydrogen (secondary N) is 1. The van der Waals surface area contributed by atoms with Gasteiger partial charge in [0.1, 0.15) is 0 Å². The zero-order valence-corrected chi connectivity index (χ0v) is 10.8.